The van der Waals surface area contributed by atoms with Crippen LogP contribution in [0.2, 0.25) is 0 Å². The number of anilines is 1. The molecule has 2 aliphatic rings. The molecule has 0 spiro atoms. The largest absolute Gasteiger partial charge is 0.336 e. The predicted octanol–water partition coefficient (Wildman–Crippen LogP) is 4.11. The van der Waals surface area contributed by atoms with Crippen LogP contribution in [-0.4, -0.2) is 55.1 Å². The van der Waals surface area contributed by atoms with Crippen LogP contribution in [-0.2, 0) is 10.0 Å². The van der Waals surface area contributed by atoms with E-state index in [1.165, 1.54) is 10.4 Å². The van der Waals surface area contributed by atoms with Crippen LogP contribution >= 0.6 is 11.3 Å². The third-order valence-corrected chi connectivity index (χ3v) is 9.29. The fraction of sp³-hybridized carbons (Fsp3) is 0.478. The lowest BCUT2D eigenvalue weighted by molar-refractivity contribution is 0.0635. The fourth-order valence-corrected chi connectivity index (χ4v) is 7.23. The van der Waals surface area contributed by atoms with E-state index in [1.807, 2.05) is 11.8 Å². The summed E-state index contributed by atoms with van der Waals surface area (Å²) < 4.78 is 27.3. The van der Waals surface area contributed by atoms with Crippen molar-refractivity contribution in [1.29, 1.82) is 0 Å². The van der Waals surface area contributed by atoms with Gasteiger partial charge in [-0.2, -0.15) is 4.31 Å². The van der Waals surface area contributed by atoms with Crippen molar-refractivity contribution in [3.05, 3.63) is 45.6 Å². The van der Waals surface area contributed by atoms with E-state index in [0.717, 1.165) is 55.5 Å². The lowest BCUT2D eigenvalue weighted by Gasteiger charge is -2.33. The van der Waals surface area contributed by atoms with Gasteiger partial charge in [0.1, 0.15) is 9.77 Å². The Morgan fingerprint density at radius 2 is 1.78 bits per heavy atom. The summed E-state index contributed by atoms with van der Waals surface area (Å²) in [5.41, 5.74) is 1.92. The van der Waals surface area contributed by atoms with Crippen LogP contribution < -0.4 is 5.32 Å². The van der Waals surface area contributed by atoms with Gasteiger partial charge in [-0.15, -0.1) is 11.3 Å². The Labute approximate surface area is 193 Å². The molecule has 1 aromatic heterocycles. The number of sulfonamides is 1. The van der Waals surface area contributed by atoms with E-state index >= 15 is 0 Å². The molecule has 0 bridgehead atoms. The number of piperidine rings is 1. The molecule has 172 valence electrons. The molecule has 2 amide bonds. The average molecular weight is 476 g/mol. The minimum absolute atomic E-state index is 0.00965. The monoisotopic (exact) mass is 475 g/mol. The highest BCUT2D eigenvalue weighted by atomic mass is 32.2. The van der Waals surface area contributed by atoms with Crippen LogP contribution in [0.15, 0.2) is 34.5 Å². The number of thiophene rings is 1. The minimum Gasteiger partial charge on any atom is -0.336 e. The third-order valence-electron chi connectivity index (χ3n) is 6.30. The fourth-order valence-electron chi connectivity index (χ4n) is 4.42. The molecule has 0 saturated carbocycles. The number of amides is 2. The first-order valence-corrected chi connectivity index (χ1v) is 13.4. The van der Waals surface area contributed by atoms with E-state index in [1.54, 1.807) is 23.6 Å². The van der Waals surface area contributed by atoms with E-state index in [4.69, 9.17) is 0 Å². The Morgan fingerprint density at radius 1 is 1.06 bits per heavy atom. The molecule has 0 aliphatic carbocycles. The summed E-state index contributed by atoms with van der Waals surface area (Å²) in [6.45, 7) is 5.66. The lowest BCUT2D eigenvalue weighted by Crippen LogP contribution is -2.42. The van der Waals surface area contributed by atoms with Crippen molar-refractivity contribution in [3.63, 3.8) is 0 Å². The van der Waals surface area contributed by atoms with E-state index < -0.39 is 15.9 Å². The van der Waals surface area contributed by atoms with Crippen molar-refractivity contribution in [3.8, 4) is 0 Å². The summed E-state index contributed by atoms with van der Waals surface area (Å²) >= 11 is 1.12. The van der Waals surface area contributed by atoms with Crippen molar-refractivity contribution in [1.82, 2.24) is 9.21 Å². The van der Waals surface area contributed by atoms with Gasteiger partial charge in [-0.1, -0.05) is 0 Å². The van der Waals surface area contributed by atoms with Crippen LogP contribution in [0.4, 0.5) is 5.69 Å². The molecule has 1 unspecified atom stereocenters. The standard InChI is InChI=1S/C23H29N3O4S2/c1-16-15-18(23(28)26-13-4-3-7-17(26)2)8-9-19(16)24-22(27)21-20(10-14-31-21)32(29,30)25-11-5-6-12-25/h8-10,14-15,17H,3-7,11-13H2,1-2H3,(H,24,27). The van der Waals surface area contributed by atoms with E-state index in [0.29, 0.717) is 24.3 Å². The zero-order chi connectivity index (χ0) is 22.9. The smallest absolute Gasteiger partial charge is 0.267 e. The average Bonchev–Trinajstić information content (AvgIpc) is 3.48. The Hall–Kier alpha value is -2.23. The van der Waals surface area contributed by atoms with Crippen molar-refractivity contribution in [2.24, 2.45) is 0 Å². The van der Waals surface area contributed by atoms with Gasteiger partial charge in [-0.3, -0.25) is 9.59 Å². The minimum atomic E-state index is -3.68. The number of carbonyl (C=O) groups excluding carboxylic acids is 2. The van der Waals surface area contributed by atoms with Crippen molar-refractivity contribution in [2.75, 3.05) is 25.0 Å². The van der Waals surface area contributed by atoms with Crippen molar-refractivity contribution >= 4 is 38.9 Å². The van der Waals surface area contributed by atoms with Crippen LogP contribution in [0.1, 0.15) is 64.6 Å². The molecule has 2 aromatic rings. The second-order valence-corrected chi connectivity index (χ2v) is 11.4. The van der Waals surface area contributed by atoms with E-state index in [-0.39, 0.29) is 21.7 Å². The number of carbonyl (C=O) groups is 2. The van der Waals surface area contributed by atoms with Gasteiger partial charge >= 0.3 is 0 Å². The quantitative estimate of drug-likeness (QED) is 0.705. The summed E-state index contributed by atoms with van der Waals surface area (Å²) in [5, 5.41) is 4.46. The maximum absolute atomic E-state index is 13.0. The molecule has 7 nitrogen and oxygen atoms in total. The van der Waals surface area contributed by atoms with Crippen molar-refractivity contribution < 1.29 is 18.0 Å². The molecule has 32 heavy (non-hydrogen) atoms. The molecule has 3 heterocycles. The number of nitrogens with zero attached hydrogens (tertiary/aromatic N) is 2. The van der Waals surface area contributed by atoms with Gasteiger partial charge in [-0.25, -0.2) is 8.42 Å². The highest BCUT2D eigenvalue weighted by Crippen LogP contribution is 2.29. The van der Waals surface area contributed by atoms with Crippen LogP contribution in [0, 0.1) is 6.92 Å². The molecule has 1 aromatic carbocycles. The summed E-state index contributed by atoms with van der Waals surface area (Å²) in [6, 6.07) is 6.96. The first-order chi connectivity index (χ1) is 15.3. The number of benzene rings is 1. The highest BCUT2D eigenvalue weighted by Gasteiger charge is 2.32. The Bertz CT molecular complexity index is 1120. The molecule has 4 rings (SSSR count). The summed E-state index contributed by atoms with van der Waals surface area (Å²) in [6.07, 6.45) is 4.86. The highest BCUT2D eigenvalue weighted by molar-refractivity contribution is 7.89. The molecule has 2 saturated heterocycles. The molecule has 9 heteroatoms. The first kappa shape index (κ1) is 22.9. The number of aryl methyl sites for hydroxylation is 1. The molecular weight excluding hydrogens is 446 g/mol. The van der Waals surface area contributed by atoms with E-state index in [9.17, 15) is 18.0 Å². The van der Waals surface area contributed by atoms with Crippen LogP contribution in [0.5, 0.6) is 0 Å². The maximum atomic E-state index is 13.0. The molecule has 1 N–H and O–H groups in total. The van der Waals surface area contributed by atoms with Gasteiger partial charge in [-0.05, 0) is 81.2 Å². The van der Waals surface area contributed by atoms with Gasteiger partial charge in [0.15, 0.2) is 0 Å². The zero-order valence-corrected chi connectivity index (χ0v) is 20.1. The third kappa shape index (κ3) is 4.46. The molecule has 0 radical (unpaired) electrons. The second kappa shape index (κ2) is 9.33. The first-order valence-electron chi connectivity index (χ1n) is 11.1. The van der Waals surface area contributed by atoms with Gasteiger partial charge < -0.3 is 10.2 Å². The molecular formula is C23H29N3O4S2. The molecule has 2 aliphatic heterocycles. The topological polar surface area (TPSA) is 86.8 Å². The van der Waals surface area contributed by atoms with E-state index in [2.05, 4.69) is 12.2 Å². The summed E-state index contributed by atoms with van der Waals surface area (Å²) in [7, 11) is -3.68. The zero-order valence-electron chi connectivity index (χ0n) is 18.5. The SMILES string of the molecule is Cc1cc(C(=O)N2CCCCC2C)ccc1NC(=O)c1sccc1S(=O)(=O)N1CCCC1. The molecule has 2 fully saturated rings. The van der Waals surface area contributed by atoms with Gasteiger partial charge in [0.2, 0.25) is 10.0 Å². The van der Waals surface area contributed by atoms with Crippen LogP contribution in [0.3, 0.4) is 0 Å². The number of nitrogens with one attached hydrogen (secondary N) is 1. The Kier molecular flexibility index (Phi) is 6.69. The van der Waals surface area contributed by atoms with Gasteiger partial charge in [0.25, 0.3) is 11.8 Å². The predicted molar refractivity (Wildman–Crippen MR) is 126 cm³/mol. The summed E-state index contributed by atoms with van der Waals surface area (Å²) in [5.74, 6) is -0.444. The van der Waals surface area contributed by atoms with Crippen molar-refractivity contribution in [2.45, 2.75) is 56.9 Å². The normalized spacial score (nSPS) is 19.8. The molecule has 1 atom stereocenters. The lowest BCUT2D eigenvalue weighted by atomic mass is 10.0. The van der Waals surface area contributed by atoms with Gasteiger partial charge in [0.05, 0.1) is 0 Å². The number of likely N-dealkylation sites (tertiary alicyclic amines) is 1. The Morgan fingerprint density at radius 3 is 2.47 bits per heavy atom. The number of hydrogen-bond donors (Lipinski definition) is 1. The van der Waals surface area contributed by atoms with Crippen LogP contribution in [0.25, 0.3) is 0 Å². The maximum Gasteiger partial charge on any atom is 0.267 e. The summed E-state index contributed by atoms with van der Waals surface area (Å²) in [4.78, 5) is 28.0. The number of rotatable bonds is 5. The second-order valence-electron chi connectivity index (χ2n) is 8.55. The van der Waals surface area contributed by atoms with Gasteiger partial charge in [0, 0.05) is 36.9 Å². The number of hydrogen-bond acceptors (Lipinski definition) is 5. The Balaban J connectivity index is 1.51.